The van der Waals surface area contributed by atoms with Crippen LogP contribution in [0, 0.1) is 6.92 Å². The molecule has 2 bridgehead atoms. The molecule has 5 rings (SSSR count). The Kier molecular flexibility index (Phi) is 3.06. The van der Waals surface area contributed by atoms with Gasteiger partial charge < -0.3 is 10.2 Å². The third-order valence-electron chi connectivity index (χ3n) is 5.15. The second-order valence-electron chi connectivity index (χ2n) is 6.90. The lowest BCUT2D eigenvalue weighted by Crippen LogP contribution is -2.51. The minimum atomic E-state index is 0.624. The number of rotatable bonds is 2. The highest BCUT2D eigenvalue weighted by atomic mass is 15.3. The second kappa shape index (κ2) is 5.27. The van der Waals surface area contributed by atoms with Gasteiger partial charge >= 0.3 is 0 Å². The molecule has 0 radical (unpaired) electrons. The molecule has 0 amide bonds. The number of aryl methyl sites for hydroxylation is 1. The van der Waals surface area contributed by atoms with Crippen molar-refractivity contribution in [3.8, 4) is 11.1 Å². The molecule has 2 aliphatic heterocycles. The molecule has 3 aromatic rings. The average molecular weight is 320 g/mol. The summed E-state index contributed by atoms with van der Waals surface area (Å²) < 4.78 is 1.98. The van der Waals surface area contributed by atoms with Crippen LogP contribution in [-0.4, -0.2) is 45.0 Å². The van der Waals surface area contributed by atoms with Crippen LogP contribution in [0.1, 0.15) is 18.5 Å². The van der Waals surface area contributed by atoms with Gasteiger partial charge in [0.15, 0.2) is 0 Å². The zero-order valence-corrected chi connectivity index (χ0v) is 13.7. The maximum absolute atomic E-state index is 4.50. The Morgan fingerprint density at radius 3 is 2.75 bits per heavy atom. The molecule has 2 aliphatic rings. The summed E-state index contributed by atoms with van der Waals surface area (Å²) in [5, 5.41) is 16.3. The van der Waals surface area contributed by atoms with Gasteiger partial charge in [-0.1, -0.05) is 0 Å². The first-order chi connectivity index (χ1) is 11.8. The van der Waals surface area contributed by atoms with E-state index in [0.29, 0.717) is 12.1 Å². The summed E-state index contributed by atoms with van der Waals surface area (Å²) in [7, 11) is 0. The molecule has 0 aromatic carbocycles. The van der Waals surface area contributed by atoms with Crippen LogP contribution in [-0.2, 0) is 0 Å². The second-order valence-corrected chi connectivity index (χ2v) is 6.90. The molecule has 2 saturated heterocycles. The van der Waals surface area contributed by atoms with Gasteiger partial charge in [0.05, 0.1) is 23.1 Å². The summed E-state index contributed by atoms with van der Waals surface area (Å²) in [6.07, 6.45) is 8.36. The normalized spacial score (nSPS) is 23.1. The third kappa shape index (κ3) is 2.26. The number of fused-ring (bicyclic) bond motifs is 3. The molecule has 0 aliphatic carbocycles. The maximum atomic E-state index is 4.50. The summed E-state index contributed by atoms with van der Waals surface area (Å²) >= 11 is 0. The van der Waals surface area contributed by atoms with Crippen LogP contribution in [0.2, 0.25) is 0 Å². The van der Waals surface area contributed by atoms with Gasteiger partial charge in [0, 0.05) is 48.7 Å². The van der Waals surface area contributed by atoms with Crippen LogP contribution in [0.5, 0.6) is 0 Å². The van der Waals surface area contributed by atoms with Gasteiger partial charge in [-0.3, -0.25) is 0 Å². The van der Waals surface area contributed by atoms with Crippen molar-refractivity contribution in [3.05, 3.63) is 42.5 Å². The topological polar surface area (TPSA) is 58.4 Å². The van der Waals surface area contributed by atoms with Crippen molar-refractivity contribution in [3.63, 3.8) is 0 Å². The number of aromatic nitrogens is 4. The van der Waals surface area contributed by atoms with Crippen LogP contribution >= 0.6 is 0 Å². The molecule has 5 heterocycles. The predicted molar refractivity (Wildman–Crippen MR) is 93.1 cm³/mol. The first-order valence-electron chi connectivity index (χ1n) is 8.54. The smallest absolute Gasteiger partial charge is 0.0886 e. The number of anilines is 1. The van der Waals surface area contributed by atoms with Gasteiger partial charge in [-0.05, 0) is 38.0 Å². The number of piperazine rings is 1. The lowest BCUT2D eigenvalue weighted by atomic mass is 10.1. The van der Waals surface area contributed by atoms with E-state index in [1.807, 2.05) is 23.8 Å². The van der Waals surface area contributed by atoms with Gasteiger partial charge in [0.1, 0.15) is 0 Å². The zero-order valence-electron chi connectivity index (χ0n) is 13.7. The van der Waals surface area contributed by atoms with E-state index < -0.39 is 0 Å². The number of hydrogen-bond acceptors (Lipinski definition) is 5. The highest BCUT2D eigenvalue weighted by molar-refractivity contribution is 5.79. The van der Waals surface area contributed by atoms with Crippen LogP contribution in [0.4, 0.5) is 5.69 Å². The van der Waals surface area contributed by atoms with Crippen molar-refractivity contribution in [2.45, 2.75) is 31.8 Å². The van der Waals surface area contributed by atoms with E-state index >= 15 is 0 Å². The summed E-state index contributed by atoms with van der Waals surface area (Å²) in [6, 6.07) is 7.66. The average Bonchev–Trinajstić information content (AvgIpc) is 3.17. The Morgan fingerprint density at radius 1 is 1.12 bits per heavy atom. The Morgan fingerprint density at radius 2 is 1.96 bits per heavy atom. The molecule has 0 spiro atoms. The summed E-state index contributed by atoms with van der Waals surface area (Å²) in [4.78, 5) is 2.51. The van der Waals surface area contributed by atoms with E-state index in [0.717, 1.165) is 35.4 Å². The molecule has 2 unspecified atom stereocenters. The highest BCUT2D eigenvalue weighted by Gasteiger charge is 2.32. The van der Waals surface area contributed by atoms with E-state index in [9.17, 15) is 0 Å². The SMILES string of the molecule is Cc1cc(-c2cc3c(N4CC5CCC(C4)N5)ccnn3c2)cnn1. The van der Waals surface area contributed by atoms with Crippen LogP contribution in [0.25, 0.3) is 16.6 Å². The monoisotopic (exact) mass is 320 g/mol. The summed E-state index contributed by atoms with van der Waals surface area (Å²) in [5.74, 6) is 0. The van der Waals surface area contributed by atoms with Crippen LogP contribution < -0.4 is 10.2 Å². The van der Waals surface area contributed by atoms with Gasteiger partial charge in [0.25, 0.3) is 0 Å². The Labute approximate surface area is 140 Å². The molecule has 3 aromatic heterocycles. The third-order valence-corrected chi connectivity index (χ3v) is 5.15. The Balaban J connectivity index is 1.58. The van der Waals surface area contributed by atoms with Crippen molar-refractivity contribution >= 4 is 11.2 Å². The number of hydrogen-bond donors (Lipinski definition) is 1. The van der Waals surface area contributed by atoms with E-state index in [1.54, 1.807) is 0 Å². The number of nitrogens with zero attached hydrogens (tertiary/aromatic N) is 5. The van der Waals surface area contributed by atoms with Gasteiger partial charge in [0.2, 0.25) is 0 Å². The minimum absolute atomic E-state index is 0.624. The lowest BCUT2D eigenvalue weighted by molar-refractivity contribution is 0.466. The fourth-order valence-corrected chi connectivity index (χ4v) is 4.05. The van der Waals surface area contributed by atoms with E-state index in [1.165, 1.54) is 18.5 Å². The van der Waals surface area contributed by atoms with Gasteiger partial charge in [-0.25, -0.2) is 4.52 Å². The summed E-state index contributed by atoms with van der Waals surface area (Å²) in [5.41, 5.74) is 5.57. The van der Waals surface area contributed by atoms with Gasteiger partial charge in [-0.15, -0.1) is 0 Å². The van der Waals surface area contributed by atoms with Crippen molar-refractivity contribution in [2.75, 3.05) is 18.0 Å². The molecular weight excluding hydrogens is 300 g/mol. The molecule has 2 fully saturated rings. The molecule has 6 nitrogen and oxygen atoms in total. The quantitative estimate of drug-likeness (QED) is 0.783. The molecule has 2 atom stereocenters. The van der Waals surface area contributed by atoms with E-state index in [2.05, 4.69) is 49.9 Å². The van der Waals surface area contributed by atoms with Crippen molar-refractivity contribution in [2.24, 2.45) is 0 Å². The fourth-order valence-electron chi connectivity index (χ4n) is 4.05. The molecule has 24 heavy (non-hydrogen) atoms. The molecule has 122 valence electrons. The lowest BCUT2D eigenvalue weighted by Gasteiger charge is -2.34. The maximum Gasteiger partial charge on any atom is 0.0886 e. The molecule has 1 N–H and O–H groups in total. The van der Waals surface area contributed by atoms with Crippen molar-refractivity contribution in [1.29, 1.82) is 0 Å². The first kappa shape index (κ1) is 13.9. The summed E-state index contributed by atoms with van der Waals surface area (Å²) in [6.45, 7) is 4.12. The Bertz CT molecular complexity index is 889. The Hall–Kier alpha value is -2.47. The minimum Gasteiger partial charge on any atom is -0.367 e. The van der Waals surface area contributed by atoms with Crippen LogP contribution in [0.3, 0.4) is 0 Å². The molecular formula is C18H20N6. The van der Waals surface area contributed by atoms with Gasteiger partial charge in [-0.2, -0.15) is 15.3 Å². The molecule has 0 saturated carbocycles. The fraction of sp³-hybridized carbons (Fsp3) is 0.389. The predicted octanol–water partition coefficient (Wildman–Crippen LogP) is 2.04. The first-order valence-corrected chi connectivity index (χ1v) is 8.54. The van der Waals surface area contributed by atoms with Crippen molar-refractivity contribution < 1.29 is 0 Å². The van der Waals surface area contributed by atoms with E-state index in [-0.39, 0.29) is 0 Å². The largest absolute Gasteiger partial charge is 0.367 e. The van der Waals surface area contributed by atoms with E-state index in [4.69, 9.17) is 0 Å². The highest BCUT2D eigenvalue weighted by Crippen LogP contribution is 2.31. The standard InChI is InChI=1S/C18H20N6/c1-12-6-13(8-19-22-12)14-7-18-17(4-5-20-24(18)9-14)23-10-15-2-3-16(11-23)21-15/h4-9,15-16,21H,2-3,10-11H2,1H3. The van der Waals surface area contributed by atoms with Crippen molar-refractivity contribution in [1.82, 2.24) is 25.1 Å². The van der Waals surface area contributed by atoms with Crippen LogP contribution in [0.15, 0.2) is 36.8 Å². The molecule has 6 heteroatoms. The zero-order chi connectivity index (χ0) is 16.1. The number of nitrogens with one attached hydrogen (secondary N) is 1.